The molecule has 2 N–H and O–H groups in total. The lowest BCUT2D eigenvalue weighted by molar-refractivity contribution is -0.122. The molecule has 2 rings (SSSR count). The standard InChI is InChI=1S/C12H21N5O3S/c1-2-3-13-12(18)10-16-4-6-17(7-5-16)21(19,20)11-8-14-15-9-11/h8-9H,2-7,10H2,1H3,(H,13,18)(H,14,15). The maximum Gasteiger partial charge on any atom is 0.246 e. The molecular weight excluding hydrogens is 294 g/mol. The molecule has 0 aliphatic carbocycles. The van der Waals surface area contributed by atoms with E-state index in [9.17, 15) is 13.2 Å². The fourth-order valence-corrected chi connectivity index (χ4v) is 3.51. The lowest BCUT2D eigenvalue weighted by atomic mass is 10.3. The molecule has 118 valence electrons. The van der Waals surface area contributed by atoms with Gasteiger partial charge in [0.2, 0.25) is 15.9 Å². The molecule has 1 fully saturated rings. The number of H-pyrrole nitrogens is 1. The Labute approximate surface area is 124 Å². The van der Waals surface area contributed by atoms with Crippen molar-refractivity contribution in [3.8, 4) is 0 Å². The van der Waals surface area contributed by atoms with E-state index in [2.05, 4.69) is 15.5 Å². The minimum atomic E-state index is -3.47. The molecule has 8 nitrogen and oxygen atoms in total. The predicted molar refractivity (Wildman–Crippen MR) is 77.1 cm³/mol. The molecule has 0 spiro atoms. The van der Waals surface area contributed by atoms with Gasteiger partial charge in [-0.25, -0.2) is 8.42 Å². The summed E-state index contributed by atoms with van der Waals surface area (Å²) in [4.78, 5) is 13.8. The average Bonchev–Trinajstić information content (AvgIpc) is 3.00. The van der Waals surface area contributed by atoms with Gasteiger partial charge in [0.25, 0.3) is 0 Å². The quantitative estimate of drug-likeness (QED) is 0.719. The monoisotopic (exact) mass is 315 g/mol. The molecule has 21 heavy (non-hydrogen) atoms. The van der Waals surface area contributed by atoms with E-state index in [4.69, 9.17) is 0 Å². The largest absolute Gasteiger partial charge is 0.355 e. The van der Waals surface area contributed by atoms with Crippen molar-refractivity contribution in [2.45, 2.75) is 18.2 Å². The average molecular weight is 315 g/mol. The molecule has 0 saturated carbocycles. The first-order valence-corrected chi connectivity index (χ1v) is 8.46. The lowest BCUT2D eigenvalue weighted by Gasteiger charge is -2.33. The van der Waals surface area contributed by atoms with Gasteiger partial charge in [-0.15, -0.1) is 0 Å². The number of aromatic amines is 1. The van der Waals surface area contributed by atoms with Crippen LogP contribution < -0.4 is 5.32 Å². The molecule has 9 heteroatoms. The third-order valence-corrected chi connectivity index (χ3v) is 5.25. The Morgan fingerprint density at radius 2 is 2.10 bits per heavy atom. The molecular formula is C12H21N5O3S. The predicted octanol–water partition coefficient (Wildman–Crippen LogP) is -0.758. The van der Waals surface area contributed by atoms with Gasteiger partial charge in [0.15, 0.2) is 0 Å². The van der Waals surface area contributed by atoms with Gasteiger partial charge in [-0.1, -0.05) is 6.92 Å². The highest BCUT2D eigenvalue weighted by molar-refractivity contribution is 7.89. The molecule has 0 atom stereocenters. The highest BCUT2D eigenvalue weighted by Crippen LogP contribution is 2.15. The number of aromatic nitrogens is 2. The van der Waals surface area contributed by atoms with Crippen LogP contribution in [-0.4, -0.2) is 73.0 Å². The molecule has 0 aromatic carbocycles. The fourth-order valence-electron chi connectivity index (χ4n) is 2.18. The second-order valence-electron chi connectivity index (χ2n) is 4.96. The summed E-state index contributed by atoms with van der Waals surface area (Å²) >= 11 is 0. The van der Waals surface area contributed by atoms with Crippen LogP contribution in [0.4, 0.5) is 0 Å². The number of sulfonamides is 1. The van der Waals surface area contributed by atoms with Gasteiger partial charge in [0.05, 0.1) is 12.7 Å². The minimum absolute atomic E-state index is 0.0111. The van der Waals surface area contributed by atoms with Crippen molar-refractivity contribution >= 4 is 15.9 Å². The molecule has 1 aliphatic heterocycles. The third kappa shape index (κ3) is 4.02. The van der Waals surface area contributed by atoms with E-state index in [1.54, 1.807) is 0 Å². The number of hydrogen-bond acceptors (Lipinski definition) is 5. The number of nitrogens with zero attached hydrogens (tertiary/aromatic N) is 3. The first-order valence-electron chi connectivity index (χ1n) is 7.02. The summed E-state index contributed by atoms with van der Waals surface area (Å²) in [5.74, 6) is -0.0111. The Morgan fingerprint density at radius 1 is 1.38 bits per heavy atom. The van der Waals surface area contributed by atoms with Crippen LogP contribution in [0.25, 0.3) is 0 Å². The second kappa shape index (κ2) is 7.01. The van der Waals surface area contributed by atoms with Gasteiger partial charge in [0, 0.05) is 38.9 Å². The number of amides is 1. The Balaban J connectivity index is 1.85. The maximum atomic E-state index is 12.3. The summed E-state index contributed by atoms with van der Waals surface area (Å²) in [5, 5.41) is 9.00. The lowest BCUT2D eigenvalue weighted by Crippen LogP contribution is -2.51. The number of carbonyl (C=O) groups excluding carboxylic acids is 1. The van der Waals surface area contributed by atoms with Crippen molar-refractivity contribution in [3.63, 3.8) is 0 Å². The smallest absolute Gasteiger partial charge is 0.246 e. The van der Waals surface area contributed by atoms with Crippen LogP contribution >= 0.6 is 0 Å². The Morgan fingerprint density at radius 3 is 2.67 bits per heavy atom. The van der Waals surface area contributed by atoms with Gasteiger partial charge in [-0.05, 0) is 6.42 Å². The van der Waals surface area contributed by atoms with Crippen LogP contribution in [0.15, 0.2) is 17.3 Å². The maximum absolute atomic E-state index is 12.3. The Kier molecular flexibility index (Phi) is 5.32. The molecule has 1 aromatic rings. The van der Waals surface area contributed by atoms with Gasteiger partial charge in [-0.3, -0.25) is 14.8 Å². The molecule has 1 saturated heterocycles. The SMILES string of the molecule is CCCNC(=O)CN1CCN(S(=O)(=O)c2cn[nH]c2)CC1. The van der Waals surface area contributed by atoms with E-state index in [1.165, 1.54) is 16.7 Å². The molecule has 0 bridgehead atoms. The van der Waals surface area contributed by atoms with E-state index in [0.717, 1.165) is 6.42 Å². The summed E-state index contributed by atoms with van der Waals surface area (Å²) < 4.78 is 26.0. The van der Waals surface area contributed by atoms with Crippen molar-refractivity contribution in [2.75, 3.05) is 39.3 Å². The van der Waals surface area contributed by atoms with Crippen LogP contribution in [0.1, 0.15) is 13.3 Å². The zero-order valence-electron chi connectivity index (χ0n) is 12.1. The van der Waals surface area contributed by atoms with Crippen LogP contribution in [-0.2, 0) is 14.8 Å². The molecule has 2 heterocycles. The number of hydrogen-bond donors (Lipinski definition) is 2. The van der Waals surface area contributed by atoms with Crippen LogP contribution in [0, 0.1) is 0 Å². The van der Waals surface area contributed by atoms with Crippen LogP contribution in [0.2, 0.25) is 0 Å². The fraction of sp³-hybridized carbons (Fsp3) is 0.667. The van der Waals surface area contributed by atoms with Crippen LogP contribution in [0.3, 0.4) is 0 Å². The second-order valence-corrected chi connectivity index (χ2v) is 6.90. The van der Waals surface area contributed by atoms with Gasteiger partial charge >= 0.3 is 0 Å². The summed E-state index contributed by atoms with van der Waals surface area (Å²) in [5.41, 5.74) is 0. The molecule has 0 radical (unpaired) electrons. The molecule has 1 amide bonds. The molecule has 1 aliphatic rings. The summed E-state index contributed by atoms with van der Waals surface area (Å²) in [6.45, 7) is 4.86. The van der Waals surface area contributed by atoms with Crippen molar-refractivity contribution in [1.82, 2.24) is 24.7 Å². The topological polar surface area (TPSA) is 98.4 Å². The number of nitrogens with one attached hydrogen (secondary N) is 2. The zero-order chi connectivity index (χ0) is 15.3. The Hall–Kier alpha value is -1.45. The number of carbonyl (C=O) groups is 1. The summed E-state index contributed by atoms with van der Waals surface area (Å²) in [7, 11) is -3.47. The summed E-state index contributed by atoms with van der Waals surface area (Å²) in [6, 6.07) is 0. The number of piperazine rings is 1. The highest BCUT2D eigenvalue weighted by atomic mass is 32.2. The minimum Gasteiger partial charge on any atom is -0.355 e. The molecule has 1 aromatic heterocycles. The van der Waals surface area contributed by atoms with E-state index in [1.807, 2.05) is 11.8 Å². The van der Waals surface area contributed by atoms with Crippen molar-refractivity contribution in [3.05, 3.63) is 12.4 Å². The summed E-state index contributed by atoms with van der Waals surface area (Å²) in [6.07, 6.45) is 3.59. The van der Waals surface area contributed by atoms with Gasteiger partial charge in [0.1, 0.15) is 4.90 Å². The molecule has 0 unspecified atom stereocenters. The first-order chi connectivity index (χ1) is 10.0. The third-order valence-electron chi connectivity index (χ3n) is 3.38. The van der Waals surface area contributed by atoms with Gasteiger partial charge < -0.3 is 5.32 Å². The van der Waals surface area contributed by atoms with E-state index in [0.29, 0.717) is 39.3 Å². The van der Waals surface area contributed by atoms with E-state index >= 15 is 0 Å². The number of rotatable bonds is 6. The van der Waals surface area contributed by atoms with Crippen molar-refractivity contribution in [1.29, 1.82) is 0 Å². The van der Waals surface area contributed by atoms with Crippen LogP contribution in [0.5, 0.6) is 0 Å². The van der Waals surface area contributed by atoms with E-state index in [-0.39, 0.29) is 10.8 Å². The van der Waals surface area contributed by atoms with Crippen molar-refractivity contribution in [2.24, 2.45) is 0 Å². The first kappa shape index (κ1) is 15.9. The van der Waals surface area contributed by atoms with Gasteiger partial charge in [-0.2, -0.15) is 9.40 Å². The highest BCUT2D eigenvalue weighted by Gasteiger charge is 2.29. The van der Waals surface area contributed by atoms with E-state index < -0.39 is 10.0 Å². The zero-order valence-corrected chi connectivity index (χ0v) is 12.9. The normalized spacial score (nSPS) is 17.8. The van der Waals surface area contributed by atoms with Crippen molar-refractivity contribution < 1.29 is 13.2 Å². The Bertz CT molecular complexity index is 549.